The van der Waals surface area contributed by atoms with Gasteiger partial charge in [-0.05, 0) is 169 Å². The second kappa shape index (κ2) is 10.9. The molecule has 16 atom stereocenters. The molecule has 6 rings (SSSR count). The van der Waals surface area contributed by atoms with Crippen LogP contribution in [0.15, 0.2) is 0 Å². The fourth-order valence-electron chi connectivity index (χ4n) is 13.0. The molecule has 0 spiro atoms. The Morgan fingerprint density at radius 3 is 1.26 bits per heavy atom. The van der Waals surface area contributed by atoms with Crippen LogP contribution in [0.1, 0.15) is 146 Å². The third-order valence-corrected chi connectivity index (χ3v) is 14.0. The van der Waals surface area contributed by atoms with Crippen molar-refractivity contribution in [3.8, 4) is 0 Å². The standard InChI is InChI=1S/C39H68O4/c1-23-11-27(17-36(7,40)15-23)31(29-13-25(3)33-38(9,19-29)42-33)21-35(5,6)22-32(28-12-24(2)16-37(8,41)18-28)30-14-26(4)34-39(10,20-30)43-34/h23-34,40-41H,11-22H2,1-10H3. The van der Waals surface area contributed by atoms with E-state index in [0.29, 0.717) is 71.4 Å². The van der Waals surface area contributed by atoms with Gasteiger partial charge < -0.3 is 19.7 Å². The Kier molecular flexibility index (Phi) is 8.34. The number of fused-ring (bicyclic) bond motifs is 2. The summed E-state index contributed by atoms with van der Waals surface area (Å²) >= 11 is 0. The Bertz CT molecular complexity index is 923. The van der Waals surface area contributed by atoms with Crippen LogP contribution in [-0.2, 0) is 9.47 Å². The summed E-state index contributed by atoms with van der Waals surface area (Å²) in [5.74, 6) is 6.18. The number of aliphatic hydroxyl groups is 2. The highest BCUT2D eigenvalue weighted by molar-refractivity contribution is 5.10. The maximum absolute atomic E-state index is 11.4. The zero-order chi connectivity index (χ0) is 31.3. The van der Waals surface area contributed by atoms with Gasteiger partial charge in [-0.2, -0.15) is 0 Å². The van der Waals surface area contributed by atoms with Crippen LogP contribution in [0.25, 0.3) is 0 Å². The molecule has 0 bridgehead atoms. The van der Waals surface area contributed by atoms with Crippen LogP contribution in [-0.4, -0.2) is 44.8 Å². The highest BCUT2D eigenvalue weighted by Gasteiger charge is 2.62. The Morgan fingerprint density at radius 2 is 0.930 bits per heavy atom. The second-order valence-corrected chi connectivity index (χ2v) is 20.0. The van der Waals surface area contributed by atoms with Gasteiger partial charge in [0.2, 0.25) is 0 Å². The van der Waals surface area contributed by atoms with Crippen molar-refractivity contribution in [3.63, 3.8) is 0 Å². The minimum Gasteiger partial charge on any atom is -0.390 e. The first-order valence-corrected chi connectivity index (χ1v) is 18.6. The maximum atomic E-state index is 11.4. The number of ether oxygens (including phenoxy) is 2. The predicted molar refractivity (Wildman–Crippen MR) is 175 cm³/mol. The lowest BCUT2D eigenvalue weighted by Gasteiger charge is -2.50. The van der Waals surface area contributed by atoms with Gasteiger partial charge in [0.25, 0.3) is 0 Å². The largest absolute Gasteiger partial charge is 0.390 e. The molecule has 2 N–H and O–H groups in total. The molecule has 0 amide bonds. The number of hydrogen-bond acceptors (Lipinski definition) is 4. The quantitative estimate of drug-likeness (QED) is 0.273. The molecule has 0 radical (unpaired) electrons. The summed E-state index contributed by atoms with van der Waals surface area (Å²) in [5, 5.41) is 22.8. The van der Waals surface area contributed by atoms with Gasteiger partial charge in [0.15, 0.2) is 0 Å². The molecule has 248 valence electrons. The predicted octanol–water partition coefficient (Wildman–Crippen LogP) is 8.81. The summed E-state index contributed by atoms with van der Waals surface area (Å²) in [7, 11) is 0. The van der Waals surface area contributed by atoms with E-state index in [2.05, 4.69) is 69.2 Å². The first-order chi connectivity index (χ1) is 19.8. The van der Waals surface area contributed by atoms with Crippen molar-refractivity contribution < 1.29 is 19.7 Å². The molecular formula is C39H68O4. The smallest absolute Gasteiger partial charge is 0.0926 e. The highest BCUT2D eigenvalue weighted by Crippen LogP contribution is 2.60. The lowest BCUT2D eigenvalue weighted by molar-refractivity contribution is -0.0592. The fourth-order valence-corrected chi connectivity index (χ4v) is 13.0. The van der Waals surface area contributed by atoms with Gasteiger partial charge in [0.05, 0.1) is 34.6 Å². The first-order valence-electron chi connectivity index (χ1n) is 18.6. The summed E-state index contributed by atoms with van der Waals surface area (Å²) in [6.45, 7) is 23.7. The molecule has 0 aromatic carbocycles. The molecule has 4 saturated carbocycles. The average molecular weight is 601 g/mol. The number of rotatable bonds is 8. The van der Waals surface area contributed by atoms with Gasteiger partial charge >= 0.3 is 0 Å². The van der Waals surface area contributed by atoms with Gasteiger partial charge in [0, 0.05) is 0 Å². The molecule has 2 heterocycles. The van der Waals surface area contributed by atoms with Crippen LogP contribution in [0.5, 0.6) is 0 Å². The molecule has 43 heavy (non-hydrogen) atoms. The molecule has 4 nitrogen and oxygen atoms in total. The van der Waals surface area contributed by atoms with Crippen molar-refractivity contribution in [1.82, 2.24) is 0 Å². The maximum Gasteiger partial charge on any atom is 0.0926 e. The van der Waals surface area contributed by atoms with E-state index in [1.54, 1.807) is 0 Å². The molecule has 2 saturated heterocycles. The van der Waals surface area contributed by atoms with Gasteiger partial charge in [-0.25, -0.2) is 0 Å². The van der Waals surface area contributed by atoms with E-state index in [1.807, 2.05) is 0 Å². The molecule has 6 fully saturated rings. The minimum absolute atomic E-state index is 0.0777. The van der Waals surface area contributed by atoms with Crippen molar-refractivity contribution in [2.45, 2.75) is 181 Å². The normalized spacial score (nSPS) is 54.7. The summed E-state index contributed by atoms with van der Waals surface area (Å²) in [5.41, 5.74) is -0.739. The third kappa shape index (κ3) is 6.94. The fraction of sp³-hybridized carbons (Fsp3) is 1.00. The summed E-state index contributed by atoms with van der Waals surface area (Å²) in [6, 6.07) is 0. The number of epoxide rings is 2. The molecule has 6 aliphatic rings. The second-order valence-electron chi connectivity index (χ2n) is 20.0. The van der Waals surface area contributed by atoms with Crippen molar-refractivity contribution in [2.75, 3.05) is 0 Å². The van der Waals surface area contributed by atoms with Crippen LogP contribution < -0.4 is 0 Å². The van der Waals surface area contributed by atoms with Crippen molar-refractivity contribution in [2.24, 2.45) is 64.6 Å². The zero-order valence-corrected chi connectivity index (χ0v) is 29.6. The molecule has 0 aromatic heterocycles. The Balaban J connectivity index is 1.27. The van der Waals surface area contributed by atoms with E-state index >= 15 is 0 Å². The van der Waals surface area contributed by atoms with Crippen molar-refractivity contribution in [1.29, 1.82) is 0 Å². The molecule has 4 heteroatoms. The molecular weight excluding hydrogens is 532 g/mol. The topological polar surface area (TPSA) is 65.5 Å². The minimum atomic E-state index is -0.547. The van der Waals surface area contributed by atoms with Crippen LogP contribution >= 0.6 is 0 Å². The summed E-state index contributed by atoms with van der Waals surface area (Å²) < 4.78 is 12.7. The van der Waals surface area contributed by atoms with E-state index < -0.39 is 11.2 Å². The van der Waals surface area contributed by atoms with Crippen LogP contribution in [0, 0.1) is 64.6 Å². The van der Waals surface area contributed by atoms with E-state index in [9.17, 15) is 10.2 Å². The van der Waals surface area contributed by atoms with Gasteiger partial charge in [-0.1, -0.05) is 41.5 Å². The van der Waals surface area contributed by atoms with Gasteiger partial charge in [-0.3, -0.25) is 0 Å². The molecule has 0 aromatic rings. The highest BCUT2D eigenvalue weighted by atomic mass is 16.6. The Hall–Kier alpha value is -0.160. The van der Waals surface area contributed by atoms with E-state index in [1.165, 1.54) is 51.4 Å². The molecule has 16 unspecified atom stereocenters. The average Bonchev–Trinajstić information content (AvgIpc) is 3.72. The van der Waals surface area contributed by atoms with E-state index in [0.717, 1.165) is 25.7 Å². The Labute approximate surface area is 264 Å². The van der Waals surface area contributed by atoms with Crippen molar-refractivity contribution >= 4 is 0 Å². The molecule has 4 aliphatic carbocycles. The monoisotopic (exact) mass is 601 g/mol. The SMILES string of the molecule is CC1CC(C(CC(C)(C)CC(C2CC(C)CC(C)(O)C2)C2CC(C)C3OC3(C)C2)C2CC(C)C3OC3(C)C2)CC(C)(O)C1. The Morgan fingerprint density at radius 1 is 0.581 bits per heavy atom. The zero-order valence-electron chi connectivity index (χ0n) is 29.6. The third-order valence-electron chi connectivity index (χ3n) is 14.0. The lowest BCUT2D eigenvalue weighted by Crippen LogP contribution is -2.45. The summed E-state index contributed by atoms with van der Waals surface area (Å²) in [6.07, 6.45) is 14.6. The van der Waals surface area contributed by atoms with Gasteiger partial charge in [0.1, 0.15) is 0 Å². The molecule has 2 aliphatic heterocycles. The van der Waals surface area contributed by atoms with Crippen molar-refractivity contribution in [3.05, 3.63) is 0 Å². The lowest BCUT2D eigenvalue weighted by atomic mass is 9.56. The van der Waals surface area contributed by atoms with Crippen LogP contribution in [0.3, 0.4) is 0 Å². The van der Waals surface area contributed by atoms with E-state index in [-0.39, 0.29) is 16.6 Å². The van der Waals surface area contributed by atoms with Crippen LogP contribution in [0.2, 0.25) is 0 Å². The first kappa shape index (κ1) is 32.8. The number of hydrogen-bond donors (Lipinski definition) is 2. The summed E-state index contributed by atoms with van der Waals surface area (Å²) in [4.78, 5) is 0. The van der Waals surface area contributed by atoms with Crippen LogP contribution in [0.4, 0.5) is 0 Å². The van der Waals surface area contributed by atoms with Gasteiger partial charge in [-0.15, -0.1) is 0 Å². The van der Waals surface area contributed by atoms with E-state index in [4.69, 9.17) is 9.47 Å².